The number of carboxylic acids is 1. The van der Waals surface area contributed by atoms with E-state index in [1.807, 2.05) is 13.8 Å². The van der Waals surface area contributed by atoms with Gasteiger partial charge in [0.25, 0.3) is 0 Å². The lowest BCUT2D eigenvalue weighted by atomic mass is 9.92. The molecule has 1 fully saturated rings. The lowest BCUT2D eigenvalue weighted by Crippen LogP contribution is -2.25. The Hall–Kier alpha value is -1.29. The molecule has 100 valence electrons. The molecule has 1 aliphatic heterocycles. The maximum absolute atomic E-state index is 11.2. The van der Waals surface area contributed by atoms with Crippen molar-refractivity contribution in [3.63, 3.8) is 0 Å². The Morgan fingerprint density at radius 2 is 2.06 bits per heavy atom. The first-order valence-corrected chi connectivity index (χ1v) is 6.52. The van der Waals surface area contributed by atoms with Gasteiger partial charge in [-0.3, -0.25) is 0 Å². The molecule has 0 saturated carbocycles. The summed E-state index contributed by atoms with van der Waals surface area (Å²) in [6.07, 6.45) is 2.11. The van der Waals surface area contributed by atoms with Crippen molar-refractivity contribution in [1.29, 1.82) is 0 Å². The van der Waals surface area contributed by atoms with Gasteiger partial charge in [0, 0.05) is 30.6 Å². The minimum absolute atomic E-state index is 0.335. The SMILES string of the molecule is Cc1cc(C(=O)O)c(C)n1C(C)C1CCOCC1. The van der Waals surface area contributed by atoms with Gasteiger partial charge >= 0.3 is 5.97 Å². The van der Waals surface area contributed by atoms with Crippen LogP contribution in [0.25, 0.3) is 0 Å². The fourth-order valence-electron chi connectivity index (χ4n) is 3.03. The molecular formula is C14H21NO3. The molecule has 0 aromatic carbocycles. The van der Waals surface area contributed by atoms with Gasteiger partial charge in [0.1, 0.15) is 0 Å². The van der Waals surface area contributed by atoms with Gasteiger partial charge in [0.15, 0.2) is 0 Å². The second-order valence-electron chi connectivity index (χ2n) is 5.15. The van der Waals surface area contributed by atoms with Crippen molar-refractivity contribution in [2.45, 2.75) is 39.7 Å². The Labute approximate surface area is 108 Å². The van der Waals surface area contributed by atoms with Gasteiger partial charge in [-0.15, -0.1) is 0 Å². The smallest absolute Gasteiger partial charge is 0.337 e. The van der Waals surface area contributed by atoms with E-state index in [2.05, 4.69) is 11.5 Å². The quantitative estimate of drug-likeness (QED) is 0.898. The summed E-state index contributed by atoms with van der Waals surface area (Å²) < 4.78 is 7.55. The van der Waals surface area contributed by atoms with Crippen molar-refractivity contribution in [2.24, 2.45) is 5.92 Å². The van der Waals surface area contributed by atoms with E-state index in [0.29, 0.717) is 17.5 Å². The molecular weight excluding hydrogens is 230 g/mol. The summed E-state index contributed by atoms with van der Waals surface area (Å²) in [5.41, 5.74) is 2.31. The van der Waals surface area contributed by atoms with Crippen molar-refractivity contribution in [2.75, 3.05) is 13.2 Å². The Kier molecular flexibility index (Phi) is 3.76. The monoisotopic (exact) mass is 251 g/mol. The fraction of sp³-hybridized carbons (Fsp3) is 0.643. The van der Waals surface area contributed by atoms with Crippen molar-refractivity contribution in [1.82, 2.24) is 4.57 Å². The molecule has 2 heterocycles. The number of aryl methyl sites for hydroxylation is 1. The van der Waals surface area contributed by atoms with Crippen LogP contribution in [0.2, 0.25) is 0 Å². The Morgan fingerprint density at radius 1 is 1.44 bits per heavy atom. The highest BCUT2D eigenvalue weighted by Gasteiger charge is 2.25. The third kappa shape index (κ3) is 2.29. The first kappa shape index (κ1) is 13.1. The standard InChI is InChI=1S/C14H21NO3/c1-9-8-13(14(16)17)11(3)15(9)10(2)12-4-6-18-7-5-12/h8,10,12H,4-7H2,1-3H3,(H,16,17). The van der Waals surface area contributed by atoms with E-state index >= 15 is 0 Å². The van der Waals surface area contributed by atoms with Crippen LogP contribution in [0.5, 0.6) is 0 Å². The number of rotatable bonds is 3. The van der Waals surface area contributed by atoms with Crippen molar-refractivity contribution < 1.29 is 14.6 Å². The summed E-state index contributed by atoms with van der Waals surface area (Å²) in [5, 5.41) is 9.16. The molecule has 2 rings (SSSR count). The van der Waals surface area contributed by atoms with Crippen LogP contribution in [0, 0.1) is 19.8 Å². The highest BCUT2D eigenvalue weighted by Crippen LogP contribution is 2.31. The maximum atomic E-state index is 11.2. The zero-order chi connectivity index (χ0) is 13.3. The maximum Gasteiger partial charge on any atom is 0.337 e. The van der Waals surface area contributed by atoms with Gasteiger partial charge in [-0.25, -0.2) is 4.79 Å². The largest absolute Gasteiger partial charge is 0.478 e. The van der Waals surface area contributed by atoms with Crippen LogP contribution in [0.1, 0.15) is 47.6 Å². The molecule has 18 heavy (non-hydrogen) atoms. The topological polar surface area (TPSA) is 51.5 Å². The highest BCUT2D eigenvalue weighted by atomic mass is 16.5. The molecule has 0 amide bonds. The van der Waals surface area contributed by atoms with Gasteiger partial charge in [0.2, 0.25) is 0 Å². The van der Waals surface area contributed by atoms with Gasteiger partial charge < -0.3 is 14.4 Å². The molecule has 1 saturated heterocycles. The van der Waals surface area contributed by atoms with E-state index in [-0.39, 0.29) is 0 Å². The number of ether oxygens (including phenoxy) is 1. The van der Waals surface area contributed by atoms with Gasteiger partial charge in [-0.1, -0.05) is 0 Å². The first-order valence-electron chi connectivity index (χ1n) is 6.52. The third-order valence-corrected chi connectivity index (χ3v) is 4.07. The van der Waals surface area contributed by atoms with E-state index in [0.717, 1.165) is 37.4 Å². The van der Waals surface area contributed by atoms with Crippen molar-refractivity contribution in [3.05, 3.63) is 23.0 Å². The Morgan fingerprint density at radius 3 is 2.56 bits per heavy atom. The number of carbonyl (C=O) groups is 1. The van der Waals surface area contributed by atoms with Crippen molar-refractivity contribution >= 4 is 5.97 Å². The van der Waals surface area contributed by atoms with Gasteiger partial charge in [-0.2, -0.15) is 0 Å². The summed E-state index contributed by atoms with van der Waals surface area (Å²) in [5.74, 6) is -0.265. The Balaban J connectivity index is 2.29. The number of aromatic carboxylic acids is 1. The number of aromatic nitrogens is 1. The van der Waals surface area contributed by atoms with E-state index in [4.69, 9.17) is 9.84 Å². The first-order chi connectivity index (χ1) is 8.52. The average Bonchev–Trinajstić information content (AvgIpc) is 2.65. The lowest BCUT2D eigenvalue weighted by Gasteiger charge is -2.30. The molecule has 1 unspecified atom stereocenters. The molecule has 4 nitrogen and oxygen atoms in total. The molecule has 1 aromatic rings. The van der Waals surface area contributed by atoms with Crippen molar-refractivity contribution in [3.8, 4) is 0 Å². The minimum Gasteiger partial charge on any atom is -0.478 e. The van der Waals surface area contributed by atoms with Gasteiger partial charge in [0.05, 0.1) is 5.56 Å². The highest BCUT2D eigenvalue weighted by molar-refractivity contribution is 5.89. The lowest BCUT2D eigenvalue weighted by molar-refractivity contribution is 0.0507. The summed E-state index contributed by atoms with van der Waals surface area (Å²) >= 11 is 0. The molecule has 4 heteroatoms. The van der Waals surface area contributed by atoms with Crippen LogP contribution in [0.15, 0.2) is 6.07 Å². The van der Waals surface area contributed by atoms with Crippen LogP contribution in [-0.4, -0.2) is 28.9 Å². The van der Waals surface area contributed by atoms with Crippen LogP contribution >= 0.6 is 0 Å². The van der Waals surface area contributed by atoms with Crippen LogP contribution in [0.3, 0.4) is 0 Å². The second kappa shape index (κ2) is 5.14. The molecule has 1 aliphatic rings. The van der Waals surface area contributed by atoms with Gasteiger partial charge in [-0.05, 0) is 45.6 Å². The molecule has 1 atom stereocenters. The molecule has 0 bridgehead atoms. The number of nitrogens with zero attached hydrogens (tertiary/aromatic N) is 1. The molecule has 0 spiro atoms. The van der Waals surface area contributed by atoms with E-state index < -0.39 is 5.97 Å². The summed E-state index contributed by atoms with van der Waals surface area (Å²) in [4.78, 5) is 11.2. The van der Waals surface area contributed by atoms with E-state index in [1.165, 1.54) is 0 Å². The van der Waals surface area contributed by atoms with E-state index in [9.17, 15) is 4.79 Å². The van der Waals surface area contributed by atoms with Crippen LogP contribution < -0.4 is 0 Å². The zero-order valence-electron chi connectivity index (χ0n) is 11.3. The summed E-state index contributed by atoms with van der Waals surface area (Å²) in [6.45, 7) is 7.70. The molecule has 1 aromatic heterocycles. The van der Waals surface area contributed by atoms with E-state index in [1.54, 1.807) is 6.07 Å². The second-order valence-corrected chi connectivity index (χ2v) is 5.15. The molecule has 0 radical (unpaired) electrons. The summed E-state index contributed by atoms with van der Waals surface area (Å²) in [7, 11) is 0. The fourth-order valence-corrected chi connectivity index (χ4v) is 3.03. The number of hydrogen-bond donors (Lipinski definition) is 1. The third-order valence-electron chi connectivity index (χ3n) is 4.07. The molecule has 1 N–H and O–H groups in total. The van der Waals surface area contributed by atoms with Crippen LogP contribution in [0.4, 0.5) is 0 Å². The number of carboxylic acid groups (broad SMARTS) is 1. The predicted molar refractivity (Wildman–Crippen MR) is 69.1 cm³/mol. The minimum atomic E-state index is -0.839. The summed E-state index contributed by atoms with van der Waals surface area (Å²) in [6, 6.07) is 2.11. The predicted octanol–water partition coefficient (Wildman–Crippen LogP) is 2.79. The number of hydrogen-bond acceptors (Lipinski definition) is 2. The molecule has 0 aliphatic carbocycles. The zero-order valence-corrected chi connectivity index (χ0v) is 11.3. The van der Waals surface area contributed by atoms with Crippen LogP contribution in [-0.2, 0) is 4.74 Å². The average molecular weight is 251 g/mol. The Bertz CT molecular complexity index is 444. The normalized spacial score (nSPS) is 18.8.